The van der Waals surface area contributed by atoms with E-state index in [1.807, 2.05) is 50.2 Å². The van der Waals surface area contributed by atoms with Crippen LogP contribution in [0.15, 0.2) is 71.3 Å². The first-order chi connectivity index (χ1) is 15.8. The largest absolute Gasteiger partial charge is 0.467 e. The van der Waals surface area contributed by atoms with Gasteiger partial charge in [-0.25, -0.2) is 9.18 Å². The highest BCUT2D eigenvalue weighted by molar-refractivity contribution is 6.31. The summed E-state index contributed by atoms with van der Waals surface area (Å²) in [6.07, 6.45) is 1.56. The monoisotopic (exact) mass is 471 g/mol. The number of benzene rings is 2. The number of nitrogens with zero attached hydrogens (tertiary/aromatic N) is 2. The second-order valence-corrected chi connectivity index (χ2v) is 8.56. The van der Waals surface area contributed by atoms with Crippen LogP contribution >= 0.6 is 11.6 Å². The Morgan fingerprint density at radius 3 is 2.42 bits per heavy atom. The lowest BCUT2D eigenvalue weighted by Gasteiger charge is -2.28. The van der Waals surface area contributed by atoms with Crippen molar-refractivity contribution >= 4 is 29.2 Å². The van der Waals surface area contributed by atoms with Crippen molar-refractivity contribution in [1.29, 1.82) is 0 Å². The van der Waals surface area contributed by atoms with Crippen LogP contribution in [0.25, 0.3) is 0 Å². The fourth-order valence-electron chi connectivity index (χ4n) is 3.33. The number of carbonyl (C=O) groups excluding carboxylic acids is 2. The van der Waals surface area contributed by atoms with Gasteiger partial charge in [-0.3, -0.25) is 4.79 Å². The van der Waals surface area contributed by atoms with Gasteiger partial charge in [0.1, 0.15) is 18.1 Å². The summed E-state index contributed by atoms with van der Waals surface area (Å²) in [4.78, 5) is 29.4. The summed E-state index contributed by atoms with van der Waals surface area (Å²) in [7, 11) is 0. The van der Waals surface area contributed by atoms with E-state index in [1.54, 1.807) is 17.2 Å². The van der Waals surface area contributed by atoms with Gasteiger partial charge in [-0.15, -0.1) is 0 Å². The summed E-state index contributed by atoms with van der Waals surface area (Å²) < 4.78 is 18.9. The summed E-state index contributed by atoms with van der Waals surface area (Å²) in [5.41, 5.74) is 1.32. The molecule has 3 rings (SSSR count). The van der Waals surface area contributed by atoms with Gasteiger partial charge < -0.3 is 19.5 Å². The first kappa shape index (κ1) is 24.3. The Bertz CT molecular complexity index is 1060. The summed E-state index contributed by atoms with van der Waals surface area (Å²) in [6.45, 7) is 4.84. The Labute approximate surface area is 197 Å². The van der Waals surface area contributed by atoms with E-state index in [9.17, 15) is 14.0 Å². The van der Waals surface area contributed by atoms with Crippen LogP contribution in [0.4, 0.5) is 14.9 Å². The average Bonchev–Trinajstić information content (AvgIpc) is 3.29. The molecule has 1 N–H and O–H groups in total. The molecule has 0 radical (unpaired) electrons. The molecule has 0 aliphatic rings. The maximum Gasteiger partial charge on any atom is 0.322 e. The van der Waals surface area contributed by atoms with Crippen molar-refractivity contribution in [2.45, 2.75) is 26.9 Å². The molecule has 0 fully saturated rings. The summed E-state index contributed by atoms with van der Waals surface area (Å²) >= 11 is 5.82. The van der Waals surface area contributed by atoms with Gasteiger partial charge in [0, 0.05) is 18.8 Å². The van der Waals surface area contributed by atoms with Crippen LogP contribution in [-0.2, 0) is 17.9 Å². The zero-order valence-electron chi connectivity index (χ0n) is 18.6. The van der Waals surface area contributed by atoms with E-state index in [1.165, 1.54) is 23.1 Å². The van der Waals surface area contributed by atoms with Gasteiger partial charge >= 0.3 is 6.03 Å². The smallest absolute Gasteiger partial charge is 0.322 e. The summed E-state index contributed by atoms with van der Waals surface area (Å²) in [6, 6.07) is 16.7. The molecule has 6 nitrogen and oxygen atoms in total. The van der Waals surface area contributed by atoms with Crippen LogP contribution in [0.5, 0.6) is 0 Å². The molecule has 0 atom stereocenters. The molecule has 33 heavy (non-hydrogen) atoms. The predicted octanol–water partition coefficient (Wildman–Crippen LogP) is 5.79. The third-order valence-corrected chi connectivity index (χ3v) is 5.16. The Kier molecular flexibility index (Phi) is 8.49. The van der Waals surface area contributed by atoms with Crippen molar-refractivity contribution in [3.8, 4) is 0 Å². The second-order valence-electron chi connectivity index (χ2n) is 8.15. The maximum absolute atomic E-state index is 13.4. The zero-order chi connectivity index (χ0) is 23.8. The van der Waals surface area contributed by atoms with E-state index < -0.39 is 11.8 Å². The molecular formula is C25H27ClFN3O3. The Morgan fingerprint density at radius 1 is 1.03 bits per heavy atom. The van der Waals surface area contributed by atoms with Crippen molar-refractivity contribution in [1.82, 2.24) is 9.80 Å². The summed E-state index contributed by atoms with van der Waals surface area (Å²) in [5, 5.41) is 2.61. The second kappa shape index (κ2) is 11.5. The van der Waals surface area contributed by atoms with Gasteiger partial charge in [-0.05, 0) is 41.8 Å². The third-order valence-electron chi connectivity index (χ3n) is 4.87. The Hall–Kier alpha value is -3.32. The van der Waals surface area contributed by atoms with Gasteiger partial charge in [0.25, 0.3) is 0 Å². The van der Waals surface area contributed by atoms with E-state index in [4.69, 9.17) is 16.0 Å². The number of hydrogen-bond acceptors (Lipinski definition) is 3. The van der Waals surface area contributed by atoms with Gasteiger partial charge in [-0.1, -0.05) is 55.8 Å². The molecule has 1 aromatic heterocycles. The minimum atomic E-state index is -0.571. The fraction of sp³-hybridized carbons (Fsp3) is 0.280. The average molecular weight is 472 g/mol. The number of rotatable bonds is 9. The number of furan rings is 1. The number of urea groups is 1. The molecule has 0 aliphatic carbocycles. The number of halogens is 2. The number of nitrogens with one attached hydrogen (secondary N) is 1. The normalized spacial score (nSPS) is 10.8. The van der Waals surface area contributed by atoms with Gasteiger partial charge in [0.15, 0.2) is 0 Å². The van der Waals surface area contributed by atoms with Crippen molar-refractivity contribution in [3.05, 3.63) is 89.1 Å². The molecule has 0 saturated heterocycles. The lowest BCUT2D eigenvalue weighted by molar-refractivity contribution is -0.133. The topological polar surface area (TPSA) is 65.8 Å². The molecule has 1 heterocycles. The predicted molar refractivity (Wildman–Crippen MR) is 126 cm³/mol. The summed E-state index contributed by atoms with van der Waals surface area (Å²) in [5.74, 6) is -0.00495. The first-order valence-electron chi connectivity index (χ1n) is 10.7. The Morgan fingerprint density at radius 2 is 1.79 bits per heavy atom. The van der Waals surface area contributed by atoms with Crippen LogP contribution in [0, 0.1) is 11.7 Å². The molecule has 174 valence electrons. The van der Waals surface area contributed by atoms with E-state index in [-0.39, 0.29) is 29.9 Å². The van der Waals surface area contributed by atoms with Crippen molar-refractivity contribution < 1.29 is 18.4 Å². The van der Waals surface area contributed by atoms with Crippen LogP contribution in [0.2, 0.25) is 5.02 Å². The van der Waals surface area contributed by atoms with Crippen molar-refractivity contribution in [3.63, 3.8) is 0 Å². The minimum Gasteiger partial charge on any atom is -0.467 e. The maximum atomic E-state index is 13.4. The molecule has 0 bridgehead atoms. The number of anilines is 1. The SMILES string of the molecule is CC(C)CN(CC(=O)N(Cc1ccccc1)Cc1ccco1)C(=O)Nc1ccc(F)c(Cl)c1. The molecule has 0 saturated carbocycles. The highest BCUT2D eigenvalue weighted by atomic mass is 35.5. The van der Waals surface area contributed by atoms with Crippen molar-refractivity contribution in [2.75, 3.05) is 18.4 Å². The molecule has 0 spiro atoms. The third kappa shape index (κ3) is 7.36. The quantitative estimate of drug-likeness (QED) is 0.429. The highest BCUT2D eigenvalue weighted by Crippen LogP contribution is 2.20. The van der Waals surface area contributed by atoms with E-state index >= 15 is 0 Å². The lowest BCUT2D eigenvalue weighted by Crippen LogP contribution is -2.45. The molecule has 0 unspecified atom stereocenters. The molecule has 2 aromatic carbocycles. The molecule has 0 aliphatic heterocycles. The van der Waals surface area contributed by atoms with Gasteiger partial charge in [0.05, 0.1) is 17.8 Å². The van der Waals surface area contributed by atoms with Crippen molar-refractivity contribution in [2.24, 2.45) is 5.92 Å². The van der Waals surface area contributed by atoms with Crippen LogP contribution in [0.3, 0.4) is 0 Å². The molecular weight excluding hydrogens is 445 g/mol. The minimum absolute atomic E-state index is 0.0910. The highest BCUT2D eigenvalue weighted by Gasteiger charge is 2.23. The van der Waals surface area contributed by atoms with E-state index in [2.05, 4.69) is 5.32 Å². The van der Waals surface area contributed by atoms with Gasteiger partial charge in [-0.2, -0.15) is 0 Å². The van der Waals surface area contributed by atoms with Crippen LogP contribution < -0.4 is 5.32 Å². The van der Waals surface area contributed by atoms with E-state index in [0.29, 0.717) is 24.5 Å². The number of carbonyl (C=O) groups is 2. The molecule has 3 aromatic rings. The zero-order valence-corrected chi connectivity index (χ0v) is 19.4. The Balaban J connectivity index is 1.75. The number of hydrogen-bond donors (Lipinski definition) is 1. The first-order valence-corrected chi connectivity index (χ1v) is 11.0. The van der Waals surface area contributed by atoms with Crippen LogP contribution in [0.1, 0.15) is 25.2 Å². The lowest BCUT2D eigenvalue weighted by atomic mass is 10.2. The number of amides is 3. The standard InChI is InChI=1S/C25H27ClFN3O3/c1-18(2)14-30(25(32)28-20-10-11-23(27)22(26)13-20)17-24(31)29(16-21-9-6-12-33-21)15-19-7-4-3-5-8-19/h3-13,18H,14-17H2,1-2H3,(H,28,32). The van der Waals surface area contributed by atoms with Gasteiger partial charge in [0.2, 0.25) is 5.91 Å². The molecule has 3 amide bonds. The molecule has 8 heteroatoms. The van der Waals surface area contributed by atoms with E-state index in [0.717, 1.165) is 5.56 Å². The fourth-order valence-corrected chi connectivity index (χ4v) is 3.51. The van der Waals surface area contributed by atoms with Crippen LogP contribution in [-0.4, -0.2) is 34.8 Å².